The molecule has 39 heavy (non-hydrogen) atoms. The van der Waals surface area contributed by atoms with Crippen LogP contribution in [0.25, 0.3) is 6.08 Å². The zero-order valence-electron chi connectivity index (χ0n) is 21.1. The molecule has 1 heterocycles. The molecule has 2 aromatic carbocycles. The number of halogens is 3. The Bertz CT molecular complexity index is 1340. The molecule has 206 valence electrons. The van der Waals surface area contributed by atoms with Gasteiger partial charge < -0.3 is 18.9 Å². The zero-order valence-corrected chi connectivity index (χ0v) is 21.9. The average molecular weight is 563 g/mol. The lowest BCUT2D eigenvalue weighted by Gasteiger charge is -2.13. The van der Waals surface area contributed by atoms with Crippen molar-refractivity contribution in [3.63, 3.8) is 0 Å². The van der Waals surface area contributed by atoms with Gasteiger partial charge in [0, 0.05) is 0 Å². The molecule has 0 fully saturated rings. The number of rotatable bonds is 13. The first-order chi connectivity index (χ1) is 18.7. The normalized spacial score (nSPS) is 11.5. The SMILES string of the molecule is CCOc1cc(C=C(C#N)C(=O)Nc2nnc(C(F)(F)F)s2)ccc1OCCOCCOc1ccccc1C. The molecule has 0 spiro atoms. The van der Waals surface area contributed by atoms with E-state index in [2.05, 4.69) is 15.5 Å². The number of aromatic nitrogens is 2. The summed E-state index contributed by atoms with van der Waals surface area (Å²) in [5.74, 6) is 0.695. The van der Waals surface area contributed by atoms with E-state index in [1.165, 1.54) is 6.08 Å². The number of carbonyl (C=O) groups is 1. The second kappa shape index (κ2) is 14.1. The third-order valence-corrected chi connectivity index (χ3v) is 5.78. The van der Waals surface area contributed by atoms with Crippen molar-refractivity contribution in [1.82, 2.24) is 10.2 Å². The van der Waals surface area contributed by atoms with Gasteiger partial charge in [0.2, 0.25) is 10.1 Å². The summed E-state index contributed by atoms with van der Waals surface area (Å²) in [5, 5.41) is 16.3. The number of hydrogen-bond acceptors (Lipinski definition) is 9. The van der Waals surface area contributed by atoms with E-state index in [0.717, 1.165) is 11.3 Å². The molecule has 0 saturated heterocycles. The molecule has 0 bridgehead atoms. The first kappa shape index (κ1) is 29.4. The number of nitrogens with one attached hydrogen (secondary N) is 1. The predicted molar refractivity (Wildman–Crippen MR) is 138 cm³/mol. The average Bonchev–Trinajstić information content (AvgIpc) is 3.38. The fraction of sp³-hybridized carbons (Fsp3) is 0.308. The predicted octanol–water partition coefficient (Wildman–Crippen LogP) is 5.28. The summed E-state index contributed by atoms with van der Waals surface area (Å²) in [6.07, 6.45) is -3.42. The van der Waals surface area contributed by atoms with E-state index in [0.29, 0.717) is 43.5 Å². The second-order valence-electron chi connectivity index (χ2n) is 7.75. The molecule has 0 aliphatic carbocycles. The minimum Gasteiger partial charge on any atom is -0.491 e. The Balaban J connectivity index is 1.54. The molecule has 0 atom stereocenters. The molecule has 1 amide bonds. The van der Waals surface area contributed by atoms with E-state index in [-0.39, 0.29) is 28.6 Å². The molecule has 13 heteroatoms. The molecule has 3 aromatic rings. The first-order valence-corrected chi connectivity index (χ1v) is 12.5. The Hall–Kier alpha value is -4.15. The summed E-state index contributed by atoms with van der Waals surface area (Å²) in [4.78, 5) is 12.4. The number of alkyl halides is 3. The van der Waals surface area contributed by atoms with Gasteiger partial charge in [-0.1, -0.05) is 35.6 Å². The lowest BCUT2D eigenvalue weighted by atomic mass is 10.1. The van der Waals surface area contributed by atoms with Crippen LogP contribution in [0.2, 0.25) is 0 Å². The topological polar surface area (TPSA) is 116 Å². The van der Waals surface area contributed by atoms with Crippen LogP contribution in [0, 0.1) is 18.3 Å². The lowest BCUT2D eigenvalue weighted by Crippen LogP contribution is -2.13. The van der Waals surface area contributed by atoms with Crippen molar-refractivity contribution < 1.29 is 36.9 Å². The van der Waals surface area contributed by atoms with Crippen molar-refractivity contribution in [3.05, 3.63) is 64.2 Å². The number of benzene rings is 2. The van der Waals surface area contributed by atoms with Crippen molar-refractivity contribution in [2.24, 2.45) is 0 Å². The van der Waals surface area contributed by atoms with Gasteiger partial charge in [-0.2, -0.15) is 18.4 Å². The van der Waals surface area contributed by atoms with E-state index in [1.807, 2.05) is 31.2 Å². The molecular formula is C26H25F3N4O5S. The van der Waals surface area contributed by atoms with E-state index in [4.69, 9.17) is 18.9 Å². The fourth-order valence-corrected chi connectivity index (χ4v) is 3.72. The van der Waals surface area contributed by atoms with E-state index >= 15 is 0 Å². The summed E-state index contributed by atoms with van der Waals surface area (Å²) in [6, 6.07) is 14.2. The number of hydrogen-bond donors (Lipinski definition) is 1. The van der Waals surface area contributed by atoms with Gasteiger partial charge in [-0.05, 0) is 49.2 Å². The van der Waals surface area contributed by atoms with Crippen LogP contribution in [-0.2, 0) is 15.7 Å². The van der Waals surface area contributed by atoms with Crippen LogP contribution in [0.4, 0.5) is 18.3 Å². The maximum absolute atomic E-state index is 12.7. The minimum atomic E-state index is -4.68. The second-order valence-corrected chi connectivity index (χ2v) is 8.73. The molecule has 3 rings (SSSR count). The van der Waals surface area contributed by atoms with Crippen molar-refractivity contribution in [1.29, 1.82) is 5.26 Å². The highest BCUT2D eigenvalue weighted by atomic mass is 32.1. The van der Waals surface area contributed by atoms with Crippen molar-refractivity contribution >= 4 is 28.5 Å². The van der Waals surface area contributed by atoms with Crippen LogP contribution in [0.1, 0.15) is 23.1 Å². The highest BCUT2D eigenvalue weighted by molar-refractivity contribution is 7.15. The molecule has 0 radical (unpaired) electrons. The maximum Gasteiger partial charge on any atom is 0.445 e. The molecule has 0 aliphatic heterocycles. The molecule has 0 saturated carbocycles. The Labute approximate surface area is 226 Å². The van der Waals surface area contributed by atoms with Crippen LogP contribution >= 0.6 is 11.3 Å². The van der Waals surface area contributed by atoms with Gasteiger partial charge in [0.25, 0.3) is 5.91 Å². The largest absolute Gasteiger partial charge is 0.491 e. The van der Waals surface area contributed by atoms with Gasteiger partial charge in [0.1, 0.15) is 30.6 Å². The Morgan fingerprint density at radius 1 is 1.03 bits per heavy atom. The van der Waals surface area contributed by atoms with Crippen LogP contribution in [0.15, 0.2) is 48.0 Å². The third-order valence-electron chi connectivity index (χ3n) is 4.90. The number of carbonyl (C=O) groups excluding carboxylic acids is 1. The Morgan fingerprint density at radius 3 is 2.38 bits per heavy atom. The number of aryl methyl sites for hydroxylation is 1. The summed E-state index contributed by atoms with van der Waals surface area (Å²) < 4.78 is 60.7. The summed E-state index contributed by atoms with van der Waals surface area (Å²) in [5.41, 5.74) is 1.13. The van der Waals surface area contributed by atoms with Gasteiger partial charge >= 0.3 is 6.18 Å². The van der Waals surface area contributed by atoms with Crippen molar-refractivity contribution in [2.75, 3.05) is 38.4 Å². The smallest absolute Gasteiger partial charge is 0.445 e. The van der Waals surface area contributed by atoms with Crippen molar-refractivity contribution in [3.8, 4) is 23.3 Å². The first-order valence-electron chi connectivity index (χ1n) is 11.7. The Morgan fingerprint density at radius 2 is 1.74 bits per heavy atom. The highest BCUT2D eigenvalue weighted by Gasteiger charge is 2.35. The number of nitriles is 1. The lowest BCUT2D eigenvalue weighted by molar-refractivity contribution is -0.138. The molecule has 0 unspecified atom stereocenters. The maximum atomic E-state index is 12.7. The Kier molecular flexibility index (Phi) is 10.7. The van der Waals surface area contributed by atoms with Crippen molar-refractivity contribution in [2.45, 2.75) is 20.0 Å². The standard InChI is InChI=1S/C26H25F3N4O5S/c1-3-36-22-15-18(14-19(16-30)23(34)31-25-33-32-24(39-25)26(27,28)29)8-9-21(22)38-13-11-35-10-12-37-20-7-5-4-6-17(20)2/h4-9,14-15H,3,10-13H2,1-2H3,(H,31,33,34). The summed E-state index contributed by atoms with van der Waals surface area (Å²) >= 11 is 0.157. The van der Waals surface area contributed by atoms with Crippen LogP contribution < -0.4 is 19.5 Å². The zero-order chi connectivity index (χ0) is 28.3. The molecular weight excluding hydrogens is 537 g/mol. The van der Waals surface area contributed by atoms with E-state index in [1.54, 1.807) is 31.2 Å². The minimum absolute atomic E-state index is 0.157. The fourth-order valence-electron chi connectivity index (χ4n) is 3.11. The molecule has 0 aliphatic rings. The molecule has 9 nitrogen and oxygen atoms in total. The number of ether oxygens (including phenoxy) is 4. The number of para-hydroxylation sites is 1. The van der Waals surface area contributed by atoms with E-state index < -0.39 is 17.1 Å². The summed E-state index contributed by atoms with van der Waals surface area (Å²) in [7, 11) is 0. The van der Waals surface area contributed by atoms with Gasteiger partial charge in [-0.15, -0.1) is 10.2 Å². The number of anilines is 1. The number of amides is 1. The summed E-state index contributed by atoms with van der Waals surface area (Å²) in [6.45, 7) is 5.42. The molecule has 1 N–H and O–H groups in total. The highest BCUT2D eigenvalue weighted by Crippen LogP contribution is 2.33. The third kappa shape index (κ3) is 8.98. The van der Waals surface area contributed by atoms with Crippen LogP contribution in [0.3, 0.4) is 0 Å². The number of nitrogens with zero attached hydrogens (tertiary/aromatic N) is 3. The monoisotopic (exact) mass is 562 g/mol. The van der Waals surface area contributed by atoms with Gasteiger partial charge in [-0.25, -0.2) is 0 Å². The van der Waals surface area contributed by atoms with Crippen LogP contribution in [-0.4, -0.2) is 49.1 Å². The van der Waals surface area contributed by atoms with Gasteiger partial charge in [0.15, 0.2) is 11.5 Å². The molecule has 1 aromatic heterocycles. The quantitative estimate of drug-likeness (QED) is 0.170. The van der Waals surface area contributed by atoms with Crippen LogP contribution in [0.5, 0.6) is 17.2 Å². The van der Waals surface area contributed by atoms with Gasteiger partial charge in [0.05, 0.1) is 19.8 Å². The van der Waals surface area contributed by atoms with Gasteiger partial charge in [-0.3, -0.25) is 10.1 Å². The van der Waals surface area contributed by atoms with E-state index in [9.17, 15) is 23.2 Å².